The van der Waals surface area contributed by atoms with Crippen molar-refractivity contribution in [2.75, 3.05) is 6.54 Å². The van der Waals surface area contributed by atoms with E-state index in [9.17, 15) is 14.3 Å². The second kappa shape index (κ2) is 9.00. The Hall–Kier alpha value is -2.66. The van der Waals surface area contributed by atoms with Gasteiger partial charge in [0.25, 0.3) is 0 Å². The van der Waals surface area contributed by atoms with Gasteiger partial charge in [0.2, 0.25) is 0 Å². The molecule has 3 aromatic rings. The minimum atomic E-state index is -0.831. The number of aliphatic carboxylic acids is 1. The lowest BCUT2D eigenvalue weighted by atomic mass is 9.91. The van der Waals surface area contributed by atoms with Gasteiger partial charge in [0, 0.05) is 22.6 Å². The van der Waals surface area contributed by atoms with Crippen molar-refractivity contribution < 1.29 is 14.3 Å². The van der Waals surface area contributed by atoms with Crippen LogP contribution in [-0.4, -0.2) is 28.2 Å². The van der Waals surface area contributed by atoms with Crippen molar-refractivity contribution in [3.63, 3.8) is 0 Å². The van der Waals surface area contributed by atoms with Gasteiger partial charge >= 0.3 is 5.97 Å². The van der Waals surface area contributed by atoms with Crippen LogP contribution in [0.4, 0.5) is 4.39 Å². The van der Waals surface area contributed by atoms with E-state index in [4.69, 9.17) is 0 Å². The Kier molecular flexibility index (Phi) is 6.18. The maximum atomic E-state index is 14.0. The number of rotatable bonds is 8. The van der Waals surface area contributed by atoms with Gasteiger partial charge in [-0.1, -0.05) is 37.3 Å². The largest absolute Gasteiger partial charge is 0.480 e. The molecular weight excluding hydrogens is 379 g/mol. The Morgan fingerprint density at radius 3 is 2.80 bits per heavy atom. The average molecular weight is 409 g/mol. The van der Waals surface area contributed by atoms with Crippen molar-refractivity contribution in [1.29, 1.82) is 0 Å². The fourth-order valence-electron chi connectivity index (χ4n) is 4.81. The van der Waals surface area contributed by atoms with E-state index in [0.717, 1.165) is 60.8 Å². The summed E-state index contributed by atoms with van der Waals surface area (Å²) in [6, 6.07) is 14.9. The smallest absolute Gasteiger partial charge is 0.326 e. The Labute approximate surface area is 176 Å². The first-order valence-electron chi connectivity index (χ1n) is 10.9. The van der Waals surface area contributed by atoms with Crippen LogP contribution in [0.2, 0.25) is 0 Å². The number of carboxylic acids is 1. The van der Waals surface area contributed by atoms with Gasteiger partial charge in [-0.05, 0) is 74.4 Å². The molecule has 0 aliphatic heterocycles. The zero-order valence-corrected chi connectivity index (χ0v) is 17.4. The summed E-state index contributed by atoms with van der Waals surface area (Å²) in [7, 11) is 0. The molecule has 5 heteroatoms. The molecule has 4 nitrogen and oxygen atoms in total. The van der Waals surface area contributed by atoms with Crippen molar-refractivity contribution in [3.8, 4) is 0 Å². The Morgan fingerprint density at radius 2 is 2.07 bits per heavy atom. The highest BCUT2D eigenvalue weighted by molar-refractivity contribution is 5.88. The number of nitrogens with one attached hydrogen (secondary N) is 1. The second-order valence-electron chi connectivity index (χ2n) is 8.20. The van der Waals surface area contributed by atoms with Gasteiger partial charge in [-0.2, -0.15) is 0 Å². The molecule has 0 bridgehead atoms. The highest BCUT2D eigenvalue weighted by atomic mass is 19.1. The number of hydrogen-bond donors (Lipinski definition) is 2. The van der Waals surface area contributed by atoms with Gasteiger partial charge in [0.1, 0.15) is 11.9 Å². The first kappa shape index (κ1) is 20.6. The molecule has 0 fully saturated rings. The Balaban J connectivity index is 1.52. The summed E-state index contributed by atoms with van der Waals surface area (Å²) in [5, 5.41) is 14.3. The number of carboxylic acid groups (broad SMARTS) is 1. The standard InChI is InChI=1S/C25H29FN2O2/c1-2-22(25(29)30)28-23-12-10-18(26)15-20(23)21-16-19(11-13-24(21)28)27-14-6-9-17-7-4-3-5-8-17/h3-5,7-8,10,12,15,19,22,27H,2,6,9,11,13-14,16H2,1H3,(H,29,30). The molecule has 2 atom stereocenters. The molecule has 0 radical (unpaired) electrons. The molecule has 0 saturated carbocycles. The predicted octanol–water partition coefficient (Wildman–Crippen LogP) is 4.90. The topological polar surface area (TPSA) is 54.3 Å². The summed E-state index contributed by atoms with van der Waals surface area (Å²) >= 11 is 0. The van der Waals surface area contributed by atoms with E-state index in [2.05, 4.69) is 29.6 Å². The van der Waals surface area contributed by atoms with Crippen LogP contribution >= 0.6 is 0 Å². The summed E-state index contributed by atoms with van der Waals surface area (Å²) in [5.74, 6) is -1.11. The molecular formula is C25H29FN2O2. The quantitative estimate of drug-likeness (QED) is 0.522. The molecule has 1 heterocycles. The van der Waals surface area contributed by atoms with Gasteiger partial charge in [-0.15, -0.1) is 0 Å². The molecule has 158 valence electrons. The maximum Gasteiger partial charge on any atom is 0.326 e. The minimum absolute atomic E-state index is 0.274. The lowest BCUT2D eigenvalue weighted by Gasteiger charge is -2.26. The molecule has 1 aliphatic carbocycles. The van der Waals surface area contributed by atoms with Crippen molar-refractivity contribution in [1.82, 2.24) is 9.88 Å². The highest BCUT2D eigenvalue weighted by Crippen LogP contribution is 2.36. The SMILES string of the molecule is CCC(C(=O)O)n1c2c(c3cc(F)ccc31)CC(NCCCc1ccccc1)CC2. The fraction of sp³-hybridized carbons (Fsp3) is 0.400. The number of aromatic nitrogens is 1. The van der Waals surface area contributed by atoms with E-state index >= 15 is 0 Å². The maximum absolute atomic E-state index is 14.0. The van der Waals surface area contributed by atoms with Gasteiger partial charge in [0.05, 0.1) is 0 Å². The molecule has 0 spiro atoms. The number of carbonyl (C=O) groups is 1. The van der Waals surface area contributed by atoms with E-state index in [1.54, 1.807) is 12.1 Å². The molecule has 1 aliphatic rings. The predicted molar refractivity (Wildman–Crippen MR) is 117 cm³/mol. The third-order valence-electron chi connectivity index (χ3n) is 6.26. The van der Waals surface area contributed by atoms with E-state index in [0.29, 0.717) is 12.5 Å². The van der Waals surface area contributed by atoms with E-state index in [1.807, 2.05) is 17.6 Å². The molecule has 0 amide bonds. The zero-order chi connectivity index (χ0) is 21.1. The average Bonchev–Trinajstić information content (AvgIpc) is 3.05. The third-order valence-corrected chi connectivity index (χ3v) is 6.26. The summed E-state index contributed by atoms with van der Waals surface area (Å²) < 4.78 is 16.0. The highest BCUT2D eigenvalue weighted by Gasteiger charge is 2.30. The van der Waals surface area contributed by atoms with Crippen LogP contribution in [0.3, 0.4) is 0 Å². The number of nitrogens with zero attached hydrogens (tertiary/aromatic N) is 1. The van der Waals surface area contributed by atoms with Crippen LogP contribution in [0.15, 0.2) is 48.5 Å². The third kappa shape index (κ3) is 4.12. The van der Waals surface area contributed by atoms with Gasteiger partial charge < -0.3 is 15.0 Å². The Morgan fingerprint density at radius 1 is 1.27 bits per heavy atom. The fourth-order valence-corrected chi connectivity index (χ4v) is 4.81. The Bertz CT molecular complexity index is 1030. The van der Waals surface area contributed by atoms with Crippen LogP contribution in [0.25, 0.3) is 10.9 Å². The monoisotopic (exact) mass is 408 g/mol. The molecule has 1 aromatic heterocycles. The van der Waals surface area contributed by atoms with Crippen molar-refractivity contribution in [2.24, 2.45) is 0 Å². The van der Waals surface area contributed by atoms with Crippen LogP contribution in [0, 0.1) is 5.82 Å². The van der Waals surface area contributed by atoms with E-state index in [-0.39, 0.29) is 5.82 Å². The summed E-state index contributed by atoms with van der Waals surface area (Å²) in [6.45, 7) is 2.83. The molecule has 2 N–H and O–H groups in total. The van der Waals surface area contributed by atoms with Gasteiger partial charge in [-0.3, -0.25) is 0 Å². The van der Waals surface area contributed by atoms with Crippen LogP contribution in [0.1, 0.15) is 49.0 Å². The summed E-state index contributed by atoms with van der Waals surface area (Å²) in [6.07, 6.45) is 5.21. The zero-order valence-electron chi connectivity index (χ0n) is 17.4. The van der Waals surface area contributed by atoms with Crippen molar-refractivity contribution in [3.05, 3.63) is 71.2 Å². The summed E-state index contributed by atoms with van der Waals surface area (Å²) in [5.41, 5.74) is 4.35. The van der Waals surface area contributed by atoms with Crippen LogP contribution in [0.5, 0.6) is 0 Å². The lowest BCUT2D eigenvalue weighted by molar-refractivity contribution is -0.140. The van der Waals surface area contributed by atoms with Crippen LogP contribution in [-0.2, 0) is 24.1 Å². The number of halogens is 1. The number of hydrogen-bond acceptors (Lipinski definition) is 2. The first-order valence-corrected chi connectivity index (χ1v) is 10.9. The van der Waals surface area contributed by atoms with Gasteiger partial charge in [0.15, 0.2) is 0 Å². The van der Waals surface area contributed by atoms with E-state index < -0.39 is 12.0 Å². The van der Waals surface area contributed by atoms with Crippen molar-refractivity contribution >= 4 is 16.9 Å². The van der Waals surface area contributed by atoms with E-state index in [1.165, 1.54) is 11.6 Å². The molecule has 2 unspecified atom stereocenters. The molecule has 2 aromatic carbocycles. The number of fused-ring (bicyclic) bond motifs is 3. The number of aryl methyl sites for hydroxylation is 1. The molecule has 4 rings (SSSR count). The van der Waals surface area contributed by atoms with Crippen molar-refractivity contribution in [2.45, 2.75) is 57.5 Å². The van der Waals surface area contributed by atoms with Gasteiger partial charge in [-0.25, -0.2) is 9.18 Å². The normalized spacial score (nSPS) is 17.1. The summed E-state index contributed by atoms with van der Waals surface area (Å²) in [4.78, 5) is 11.9. The van der Waals surface area contributed by atoms with Crippen LogP contribution < -0.4 is 5.32 Å². The first-order chi connectivity index (χ1) is 14.6. The molecule has 30 heavy (non-hydrogen) atoms. The second-order valence-corrected chi connectivity index (χ2v) is 8.20. The number of benzene rings is 2. The minimum Gasteiger partial charge on any atom is -0.480 e. The lowest BCUT2D eigenvalue weighted by Crippen LogP contribution is -2.36. The molecule has 0 saturated heterocycles.